The molecule has 1 aliphatic rings. The fraction of sp³-hybridized carbons (Fsp3) is 0.769. The summed E-state index contributed by atoms with van der Waals surface area (Å²) in [6.45, 7) is 3.59. The fourth-order valence-corrected chi connectivity index (χ4v) is 2.15. The Hall–Kier alpha value is -1.63. The molecule has 7 nitrogen and oxygen atoms in total. The predicted octanol–water partition coefficient (Wildman–Crippen LogP) is 0.253. The van der Waals surface area contributed by atoms with Gasteiger partial charge in [-0.3, -0.25) is 0 Å². The molecule has 0 bridgehead atoms. The molecule has 1 aliphatic carbocycles. The lowest BCUT2D eigenvalue weighted by atomic mass is 10.2. The first-order valence-corrected chi connectivity index (χ1v) is 7.15. The zero-order valence-electron chi connectivity index (χ0n) is 12.1. The normalized spacial score (nSPS) is 15.9. The van der Waals surface area contributed by atoms with Crippen molar-refractivity contribution in [1.82, 2.24) is 25.0 Å². The highest BCUT2D eigenvalue weighted by Gasteiger charge is 2.31. The number of aryl methyl sites for hydroxylation is 1. The molecule has 20 heavy (non-hydrogen) atoms. The van der Waals surface area contributed by atoms with E-state index in [4.69, 9.17) is 0 Å². The molecule has 0 aliphatic heterocycles. The number of nitrogens with one attached hydrogen (secondary N) is 1. The van der Waals surface area contributed by atoms with Gasteiger partial charge in [-0.25, -0.2) is 4.79 Å². The highest BCUT2D eigenvalue weighted by atomic mass is 16.3. The van der Waals surface area contributed by atoms with Gasteiger partial charge in [-0.1, -0.05) is 6.92 Å². The number of aliphatic hydroxyl groups excluding tert-OH is 1. The third-order valence-electron chi connectivity index (χ3n) is 3.61. The number of urea groups is 1. The van der Waals surface area contributed by atoms with Crippen LogP contribution in [0.2, 0.25) is 0 Å². The Morgan fingerprint density at radius 3 is 3.05 bits per heavy atom. The largest absolute Gasteiger partial charge is 0.391 e. The van der Waals surface area contributed by atoms with E-state index in [1.165, 1.54) is 4.90 Å². The average Bonchev–Trinajstić information content (AvgIpc) is 3.19. The molecular formula is C13H23N5O2. The van der Waals surface area contributed by atoms with Crippen molar-refractivity contribution >= 4 is 6.03 Å². The number of aromatic nitrogens is 3. The molecule has 1 unspecified atom stereocenters. The number of amides is 2. The van der Waals surface area contributed by atoms with Crippen LogP contribution in [0.25, 0.3) is 0 Å². The Balaban J connectivity index is 1.68. The molecule has 112 valence electrons. The molecule has 7 heteroatoms. The number of nitrogens with zero attached hydrogens (tertiary/aromatic N) is 4. The van der Waals surface area contributed by atoms with Crippen LogP contribution in [0.1, 0.15) is 25.6 Å². The molecule has 0 spiro atoms. The van der Waals surface area contributed by atoms with Gasteiger partial charge in [-0.2, -0.15) is 0 Å². The van der Waals surface area contributed by atoms with E-state index in [-0.39, 0.29) is 6.03 Å². The summed E-state index contributed by atoms with van der Waals surface area (Å²) in [7, 11) is 1.71. The van der Waals surface area contributed by atoms with Gasteiger partial charge in [-0.05, 0) is 18.8 Å². The van der Waals surface area contributed by atoms with Crippen molar-refractivity contribution in [2.24, 2.45) is 5.92 Å². The van der Waals surface area contributed by atoms with Gasteiger partial charge < -0.3 is 19.9 Å². The second kappa shape index (κ2) is 6.69. The summed E-state index contributed by atoms with van der Waals surface area (Å²) >= 11 is 0. The molecule has 2 N–H and O–H groups in total. The maximum absolute atomic E-state index is 11.9. The average molecular weight is 281 g/mol. The molecule has 0 saturated heterocycles. The molecular weight excluding hydrogens is 258 g/mol. The number of rotatable bonds is 7. The Bertz CT molecular complexity index is 444. The Labute approximate surface area is 119 Å². The first kappa shape index (κ1) is 14.8. The predicted molar refractivity (Wildman–Crippen MR) is 74.2 cm³/mol. The van der Waals surface area contributed by atoms with Gasteiger partial charge in [0, 0.05) is 33.1 Å². The summed E-state index contributed by atoms with van der Waals surface area (Å²) in [5.74, 6) is 1.30. The fourth-order valence-electron chi connectivity index (χ4n) is 2.15. The van der Waals surface area contributed by atoms with E-state index in [0.717, 1.165) is 25.1 Å². The summed E-state index contributed by atoms with van der Waals surface area (Å²) in [6.07, 6.45) is 4.25. The topological polar surface area (TPSA) is 83.3 Å². The van der Waals surface area contributed by atoms with Crippen LogP contribution in [0.4, 0.5) is 4.79 Å². The molecule has 1 heterocycles. The van der Waals surface area contributed by atoms with Crippen molar-refractivity contribution in [1.29, 1.82) is 0 Å². The molecule has 1 saturated carbocycles. The van der Waals surface area contributed by atoms with E-state index in [9.17, 15) is 9.90 Å². The number of aliphatic hydroxyl groups is 1. The maximum atomic E-state index is 11.9. The Kier molecular flexibility index (Phi) is 4.94. The summed E-state index contributed by atoms with van der Waals surface area (Å²) in [5.41, 5.74) is 0. The third-order valence-corrected chi connectivity index (χ3v) is 3.61. The van der Waals surface area contributed by atoms with E-state index in [0.29, 0.717) is 25.6 Å². The quantitative estimate of drug-likeness (QED) is 0.750. The zero-order chi connectivity index (χ0) is 14.5. The monoisotopic (exact) mass is 281 g/mol. The van der Waals surface area contributed by atoms with Gasteiger partial charge in [0.05, 0.1) is 6.10 Å². The lowest BCUT2D eigenvalue weighted by molar-refractivity contribution is 0.113. The van der Waals surface area contributed by atoms with Crippen molar-refractivity contribution in [2.75, 3.05) is 20.1 Å². The number of carbonyl (C=O) groups excluding carboxylic acids is 1. The molecule has 1 atom stereocenters. The molecule has 0 aromatic carbocycles. The van der Waals surface area contributed by atoms with E-state index < -0.39 is 6.10 Å². The zero-order valence-corrected chi connectivity index (χ0v) is 12.1. The lowest BCUT2D eigenvalue weighted by Crippen LogP contribution is -2.42. The molecule has 1 aromatic heterocycles. The minimum absolute atomic E-state index is 0.157. The van der Waals surface area contributed by atoms with Crippen LogP contribution in [0, 0.1) is 5.92 Å². The van der Waals surface area contributed by atoms with Crippen LogP contribution in [0.3, 0.4) is 0 Å². The number of carbonyl (C=O) groups is 1. The lowest BCUT2D eigenvalue weighted by Gasteiger charge is -2.21. The van der Waals surface area contributed by atoms with Gasteiger partial charge in [0.2, 0.25) is 0 Å². The smallest absolute Gasteiger partial charge is 0.317 e. The van der Waals surface area contributed by atoms with Crippen molar-refractivity contribution in [3.8, 4) is 0 Å². The van der Waals surface area contributed by atoms with Crippen LogP contribution < -0.4 is 5.32 Å². The molecule has 1 aromatic rings. The minimum Gasteiger partial charge on any atom is -0.391 e. The number of hydrogen-bond donors (Lipinski definition) is 2. The second-order valence-corrected chi connectivity index (χ2v) is 5.31. The minimum atomic E-state index is -0.393. The Morgan fingerprint density at radius 2 is 2.40 bits per heavy atom. The van der Waals surface area contributed by atoms with Crippen LogP contribution in [-0.4, -0.2) is 57.0 Å². The van der Waals surface area contributed by atoms with Crippen LogP contribution >= 0.6 is 0 Å². The van der Waals surface area contributed by atoms with Gasteiger partial charge in [-0.15, -0.1) is 10.2 Å². The van der Waals surface area contributed by atoms with Crippen LogP contribution in [0.5, 0.6) is 0 Å². The van der Waals surface area contributed by atoms with Gasteiger partial charge >= 0.3 is 6.03 Å². The van der Waals surface area contributed by atoms with E-state index in [2.05, 4.69) is 15.5 Å². The summed E-state index contributed by atoms with van der Waals surface area (Å²) in [6, 6.07) is -0.157. The molecule has 0 radical (unpaired) electrons. The van der Waals surface area contributed by atoms with Crippen LogP contribution in [-0.2, 0) is 13.0 Å². The van der Waals surface area contributed by atoms with Crippen molar-refractivity contribution in [3.63, 3.8) is 0 Å². The standard InChI is InChI=1S/C13H23N5O2/c1-3-12-16-15-9-18(12)7-6-14-13(20)17(2)8-11(19)10-4-5-10/h9-11,19H,3-8H2,1-2H3,(H,14,20). The first-order chi connectivity index (χ1) is 9.61. The molecule has 1 fully saturated rings. The van der Waals surface area contributed by atoms with Crippen molar-refractivity contribution in [3.05, 3.63) is 12.2 Å². The van der Waals surface area contributed by atoms with E-state index in [1.54, 1.807) is 13.4 Å². The summed E-state index contributed by atoms with van der Waals surface area (Å²) < 4.78 is 1.93. The number of hydrogen-bond acceptors (Lipinski definition) is 4. The van der Waals surface area contributed by atoms with E-state index in [1.807, 2.05) is 11.5 Å². The van der Waals surface area contributed by atoms with Crippen LogP contribution in [0.15, 0.2) is 6.33 Å². The van der Waals surface area contributed by atoms with Crippen molar-refractivity contribution in [2.45, 2.75) is 38.8 Å². The molecule has 2 amide bonds. The SMILES string of the molecule is CCc1nncn1CCNC(=O)N(C)CC(O)C1CC1. The first-order valence-electron chi connectivity index (χ1n) is 7.15. The molecule has 2 rings (SSSR count). The van der Waals surface area contributed by atoms with Gasteiger partial charge in [0.25, 0.3) is 0 Å². The second-order valence-electron chi connectivity index (χ2n) is 5.31. The summed E-state index contributed by atoms with van der Waals surface area (Å²) in [5, 5.41) is 20.5. The highest BCUT2D eigenvalue weighted by molar-refractivity contribution is 5.73. The summed E-state index contributed by atoms with van der Waals surface area (Å²) in [4.78, 5) is 13.4. The number of likely N-dealkylation sites (N-methyl/N-ethyl adjacent to an activating group) is 1. The maximum Gasteiger partial charge on any atom is 0.317 e. The third kappa shape index (κ3) is 3.93. The van der Waals surface area contributed by atoms with Gasteiger partial charge in [0.15, 0.2) is 0 Å². The highest BCUT2D eigenvalue weighted by Crippen LogP contribution is 2.32. The van der Waals surface area contributed by atoms with E-state index >= 15 is 0 Å². The Morgan fingerprint density at radius 1 is 1.65 bits per heavy atom. The van der Waals surface area contributed by atoms with Gasteiger partial charge in [0.1, 0.15) is 12.2 Å². The van der Waals surface area contributed by atoms with Crippen molar-refractivity contribution < 1.29 is 9.90 Å².